The lowest BCUT2D eigenvalue weighted by Gasteiger charge is -2.36. The lowest BCUT2D eigenvalue weighted by molar-refractivity contribution is -0.137. The number of fused-ring (bicyclic) bond motifs is 5. The van der Waals surface area contributed by atoms with Crippen LogP contribution in [0.4, 0.5) is 18.9 Å². The van der Waals surface area contributed by atoms with E-state index >= 15 is 0 Å². The van der Waals surface area contributed by atoms with E-state index in [4.69, 9.17) is 0 Å². The minimum Gasteiger partial charge on any atom is -0.325 e. The summed E-state index contributed by atoms with van der Waals surface area (Å²) in [4.78, 5) is 22.1. The Morgan fingerprint density at radius 2 is 1.80 bits per heavy atom. The minimum atomic E-state index is -4.63. The van der Waals surface area contributed by atoms with Crippen molar-refractivity contribution in [2.45, 2.75) is 44.2 Å². The van der Waals surface area contributed by atoms with Crippen LogP contribution in [0.5, 0.6) is 0 Å². The molecule has 1 aromatic heterocycles. The maximum Gasteiger partial charge on any atom is 0.418 e. The minimum absolute atomic E-state index is 0.113. The number of nitrogens with one attached hydrogen (secondary N) is 1. The number of nitriles is 2. The second kappa shape index (κ2) is 6.27. The smallest absolute Gasteiger partial charge is 0.325 e. The van der Waals surface area contributed by atoms with Crippen LogP contribution in [0.1, 0.15) is 60.9 Å². The third-order valence-electron chi connectivity index (χ3n) is 6.52. The number of halogens is 3. The molecule has 1 fully saturated rings. The number of hydrogen-bond donors (Lipinski definition) is 1. The van der Waals surface area contributed by atoms with Gasteiger partial charge in [-0.05, 0) is 30.4 Å². The van der Waals surface area contributed by atoms with Gasteiger partial charge in [-0.2, -0.15) is 23.7 Å². The molecule has 1 aromatic carbocycles. The summed E-state index contributed by atoms with van der Waals surface area (Å²) in [5.74, 6) is -0.809. The van der Waals surface area contributed by atoms with E-state index in [1.165, 1.54) is 18.2 Å². The van der Waals surface area contributed by atoms with Crippen LogP contribution in [0, 0.1) is 28.1 Å². The molecule has 0 aliphatic heterocycles. The van der Waals surface area contributed by atoms with Crippen LogP contribution in [0.25, 0.3) is 0 Å². The van der Waals surface area contributed by atoms with Gasteiger partial charge in [0.15, 0.2) is 11.4 Å². The quantitative estimate of drug-likeness (QED) is 0.804. The maximum atomic E-state index is 13.5. The summed E-state index contributed by atoms with van der Waals surface area (Å²) in [5.41, 5.74) is -2.78. The summed E-state index contributed by atoms with van der Waals surface area (Å²) in [6, 6.07) is 8.45. The lowest BCUT2D eigenvalue weighted by atomic mass is 9.67. The number of rotatable bonds is 2. The molecule has 9 heteroatoms. The lowest BCUT2D eigenvalue weighted by Crippen LogP contribution is -2.47. The topological polar surface area (TPSA) is 102 Å². The van der Waals surface area contributed by atoms with Crippen molar-refractivity contribution in [3.63, 3.8) is 0 Å². The van der Waals surface area contributed by atoms with Gasteiger partial charge in [0.2, 0.25) is 5.91 Å². The van der Waals surface area contributed by atoms with E-state index in [0.717, 1.165) is 6.07 Å². The van der Waals surface area contributed by atoms with Crippen LogP contribution in [0.2, 0.25) is 0 Å². The normalized spacial score (nSPS) is 23.4. The molecule has 1 amide bonds. The Kier molecular flexibility index (Phi) is 4.14. The highest BCUT2D eigenvalue weighted by Gasteiger charge is 2.68. The summed E-state index contributed by atoms with van der Waals surface area (Å²) >= 11 is 0. The molecule has 0 saturated heterocycles. The summed E-state index contributed by atoms with van der Waals surface area (Å²) in [6.45, 7) is 3.70. The van der Waals surface area contributed by atoms with Crippen molar-refractivity contribution >= 4 is 11.6 Å². The van der Waals surface area contributed by atoms with Gasteiger partial charge >= 0.3 is 6.18 Å². The number of benzene rings is 1. The molecule has 2 aliphatic carbocycles. The molecule has 30 heavy (non-hydrogen) atoms. The number of carbonyl (C=O) groups excluding carboxylic acids is 1. The van der Waals surface area contributed by atoms with Crippen molar-refractivity contribution in [3.8, 4) is 12.1 Å². The van der Waals surface area contributed by atoms with E-state index in [0.29, 0.717) is 18.5 Å². The van der Waals surface area contributed by atoms with E-state index < -0.39 is 28.5 Å². The SMILES string of the molecule is CC1(C)C2CCC1(C(=O)Nc1ccccc1C(F)(F)F)c1nc(C#N)c(C#N)nc12. The molecular weight excluding hydrogens is 395 g/mol. The number of carbonyl (C=O) groups is 1. The standard InChI is InChI=1S/C21H16F3N5O/c1-19(2)12-7-8-20(19,17-16(12)27-14(9-25)15(10-26)28-17)18(30)29-13-6-4-3-5-11(13)21(22,23)24/h3-6,12H,7-8H2,1-2H3,(H,29,30). The molecule has 0 radical (unpaired) electrons. The van der Waals surface area contributed by atoms with Gasteiger partial charge in [-0.15, -0.1) is 0 Å². The molecule has 2 aromatic rings. The van der Waals surface area contributed by atoms with Crippen LogP contribution in [-0.4, -0.2) is 15.9 Å². The highest BCUT2D eigenvalue weighted by molar-refractivity contribution is 6.01. The van der Waals surface area contributed by atoms with Crippen molar-refractivity contribution < 1.29 is 18.0 Å². The van der Waals surface area contributed by atoms with Gasteiger partial charge in [-0.25, -0.2) is 9.97 Å². The van der Waals surface area contributed by atoms with Gasteiger partial charge in [-0.3, -0.25) is 4.79 Å². The van der Waals surface area contributed by atoms with Gasteiger partial charge < -0.3 is 5.32 Å². The Balaban J connectivity index is 1.85. The Hall–Kier alpha value is -3.46. The maximum absolute atomic E-state index is 13.5. The van der Waals surface area contributed by atoms with E-state index in [9.17, 15) is 28.5 Å². The number of hydrogen-bond acceptors (Lipinski definition) is 5. The number of amides is 1. The third kappa shape index (κ3) is 2.45. The predicted octanol–water partition coefficient (Wildman–Crippen LogP) is 4.03. The second-order valence-electron chi connectivity index (χ2n) is 8.09. The third-order valence-corrected chi connectivity index (χ3v) is 6.52. The highest BCUT2D eigenvalue weighted by Crippen LogP contribution is 2.67. The Bertz CT molecular complexity index is 1160. The Morgan fingerprint density at radius 3 is 2.43 bits per heavy atom. The van der Waals surface area contributed by atoms with Crippen LogP contribution < -0.4 is 5.32 Å². The number of anilines is 1. The molecule has 2 bridgehead atoms. The first-order valence-corrected chi connectivity index (χ1v) is 9.28. The first-order chi connectivity index (χ1) is 14.1. The molecule has 1 N–H and O–H groups in total. The van der Waals surface area contributed by atoms with E-state index in [-0.39, 0.29) is 28.7 Å². The van der Waals surface area contributed by atoms with Gasteiger partial charge in [0.25, 0.3) is 0 Å². The van der Waals surface area contributed by atoms with Gasteiger partial charge in [0, 0.05) is 5.92 Å². The van der Waals surface area contributed by atoms with E-state index in [2.05, 4.69) is 15.3 Å². The molecule has 2 aliphatic rings. The number of para-hydroxylation sites is 1. The van der Waals surface area contributed by atoms with Crippen LogP contribution in [0.15, 0.2) is 24.3 Å². The summed E-state index contributed by atoms with van der Waals surface area (Å²) in [6.07, 6.45) is -3.68. The van der Waals surface area contributed by atoms with Crippen LogP contribution in [-0.2, 0) is 16.4 Å². The number of aromatic nitrogens is 2. The fourth-order valence-electron chi connectivity index (χ4n) is 4.99. The predicted molar refractivity (Wildman–Crippen MR) is 99.0 cm³/mol. The fraction of sp³-hybridized carbons (Fsp3) is 0.381. The molecule has 0 spiro atoms. The zero-order chi connectivity index (χ0) is 21.9. The molecular formula is C21H16F3N5O. The Labute approximate surface area is 170 Å². The second-order valence-corrected chi connectivity index (χ2v) is 8.09. The number of alkyl halides is 3. The zero-order valence-corrected chi connectivity index (χ0v) is 16.1. The average molecular weight is 411 g/mol. The molecule has 4 rings (SSSR count). The van der Waals surface area contributed by atoms with Gasteiger partial charge in [0.05, 0.1) is 28.1 Å². The summed E-state index contributed by atoms with van der Waals surface area (Å²) < 4.78 is 40.2. The first kappa shape index (κ1) is 19.8. The average Bonchev–Trinajstić information content (AvgIpc) is 3.08. The molecule has 2 atom stereocenters. The van der Waals surface area contributed by atoms with Gasteiger partial charge in [-0.1, -0.05) is 26.0 Å². The van der Waals surface area contributed by atoms with Crippen molar-refractivity contribution in [1.29, 1.82) is 10.5 Å². The van der Waals surface area contributed by atoms with Crippen molar-refractivity contribution in [1.82, 2.24) is 9.97 Å². The zero-order valence-electron chi connectivity index (χ0n) is 16.1. The summed E-state index contributed by atoms with van der Waals surface area (Å²) in [7, 11) is 0. The van der Waals surface area contributed by atoms with Crippen molar-refractivity contribution in [3.05, 3.63) is 52.6 Å². The van der Waals surface area contributed by atoms with E-state index in [1.807, 2.05) is 26.0 Å². The molecule has 6 nitrogen and oxygen atoms in total. The van der Waals surface area contributed by atoms with Gasteiger partial charge in [0.1, 0.15) is 12.1 Å². The summed E-state index contributed by atoms with van der Waals surface area (Å²) in [5, 5.41) is 21.1. The Morgan fingerprint density at radius 1 is 1.17 bits per heavy atom. The number of nitrogens with zero attached hydrogens (tertiary/aromatic N) is 4. The fourth-order valence-corrected chi connectivity index (χ4v) is 4.99. The first-order valence-electron chi connectivity index (χ1n) is 9.28. The van der Waals surface area contributed by atoms with Crippen LogP contribution in [0.3, 0.4) is 0 Å². The van der Waals surface area contributed by atoms with E-state index in [1.54, 1.807) is 0 Å². The van der Waals surface area contributed by atoms with Crippen molar-refractivity contribution in [2.24, 2.45) is 5.41 Å². The molecule has 2 unspecified atom stereocenters. The monoisotopic (exact) mass is 411 g/mol. The largest absolute Gasteiger partial charge is 0.418 e. The molecule has 1 saturated carbocycles. The highest BCUT2D eigenvalue weighted by atomic mass is 19.4. The molecule has 1 heterocycles. The van der Waals surface area contributed by atoms with Crippen molar-refractivity contribution in [2.75, 3.05) is 5.32 Å². The van der Waals surface area contributed by atoms with Crippen LogP contribution >= 0.6 is 0 Å². The molecule has 152 valence electrons.